The predicted molar refractivity (Wildman–Crippen MR) is 108 cm³/mol. The first-order chi connectivity index (χ1) is 11.8. The van der Waals surface area contributed by atoms with Crippen LogP contribution in [-0.2, 0) is 22.2 Å². The highest BCUT2D eigenvalue weighted by Gasteiger charge is 2.25. The monoisotopic (exact) mass is 338 g/mol. The Bertz CT molecular complexity index is 647. The van der Waals surface area contributed by atoms with E-state index < -0.39 is 0 Å². The Morgan fingerprint density at radius 2 is 1.20 bits per heavy atom. The first-order valence-electron chi connectivity index (χ1n) is 9.65. The molecule has 2 rings (SSSR count). The van der Waals surface area contributed by atoms with Gasteiger partial charge in [-0.3, -0.25) is 0 Å². The van der Waals surface area contributed by atoms with Crippen LogP contribution in [0.2, 0.25) is 0 Å². The van der Waals surface area contributed by atoms with Crippen molar-refractivity contribution in [3.8, 4) is 0 Å². The number of hydrogen-bond donors (Lipinski definition) is 0. The zero-order valence-electron chi connectivity index (χ0n) is 16.9. The van der Waals surface area contributed by atoms with Crippen LogP contribution in [0.1, 0.15) is 76.6 Å². The molecule has 0 amide bonds. The molecular formula is C24H34O. The van der Waals surface area contributed by atoms with Crippen molar-refractivity contribution in [1.82, 2.24) is 0 Å². The van der Waals surface area contributed by atoms with Crippen LogP contribution in [0.25, 0.3) is 0 Å². The summed E-state index contributed by atoms with van der Waals surface area (Å²) in [6.45, 7) is 14.1. The van der Waals surface area contributed by atoms with E-state index in [0.29, 0.717) is 0 Å². The van der Waals surface area contributed by atoms with Crippen LogP contribution in [0, 0.1) is 0 Å². The van der Waals surface area contributed by atoms with Gasteiger partial charge in [0.2, 0.25) is 0 Å². The standard InChI is InChI=1S/C24H34O/c1-7-9-18-25-24(5,6)22-16-14-21(15-17-22)23(3,4)20-12-10-19(8-2)11-13-20/h10-17H,7-9,18H2,1-6H3. The first-order valence-corrected chi connectivity index (χ1v) is 9.65. The average Bonchev–Trinajstić information content (AvgIpc) is 2.62. The summed E-state index contributed by atoms with van der Waals surface area (Å²) in [5, 5.41) is 0. The lowest BCUT2D eigenvalue weighted by atomic mass is 9.77. The van der Waals surface area contributed by atoms with E-state index in [2.05, 4.69) is 90.1 Å². The van der Waals surface area contributed by atoms with E-state index in [9.17, 15) is 0 Å². The highest BCUT2D eigenvalue weighted by molar-refractivity contribution is 5.40. The van der Waals surface area contributed by atoms with E-state index in [0.717, 1.165) is 19.4 Å². The maximum Gasteiger partial charge on any atom is 0.0875 e. The minimum absolute atomic E-state index is 0.00197. The molecule has 0 aliphatic carbocycles. The smallest absolute Gasteiger partial charge is 0.0875 e. The molecule has 2 aromatic rings. The minimum Gasteiger partial charge on any atom is -0.371 e. The van der Waals surface area contributed by atoms with E-state index in [1.165, 1.54) is 28.7 Å². The molecule has 0 aliphatic rings. The second-order valence-electron chi connectivity index (χ2n) is 7.97. The summed E-state index contributed by atoms with van der Waals surface area (Å²) in [5.74, 6) is 0. The number of hydrogen-bond acceptors (Lipinski definition) is 1. The molecule has 0 saturated carbocycles. The van der Waals surface area contributed by atoms with Crippen LogP contribution < -0.4 is 0 Å². The van der Waals surface area contributed by atoms with E-state index >= 15 is 0 Å². The third-order valence-electron chi connectivity index (χ3n) is 5.35. The molecule has 0 radical (unpaired) electrons. The molecule has 0 unspecified atom stereocenters. The summed E-state index contributed by atoms with van der Waals surface area (Å²) >= 11 is 0. The molecule has 136 valence electrons. The molecule has 2 aromatic carbocycles. The lowest BCUT2D eigenvalue weighted by Gasteiger charge is -2.29. The van der Waals surface area contributed by atoms with Gasteiger partial charge in [0.1, 0.15) is 0 Å². The Morgan fingerprint density at radius 1 is 0.720 bits per heavy atom. The zero-order valence-corrected chi connectivity index (χ0v) is 16.9. The number of ether oxygens (including phenoxy) is 1. The molecule has 0 spiro atoms. The molecule has 0 bridgehead atoms. The predicted octanol–water partition coefficient (Wildman–Crippen LogP) is 6.63. The molecular weight excluding hydrogens is 304 g/mol. The van der Waals surface area contributed by atoms with Crippen LogP contribution in [-0.4, -0.2) is 6.61 Å². The number of aryl methyl sites for hydroxylation is 1. The Kier molecular flexibility index (Phi) is 6.46. The van der Waals surface area contributed by atoms with Gasteiger partial charge in [-0.2, -0.15) is 0 Å². The molecule has 0 fully saturated rings. The van der Waals surface area contributed by atoms with Crippen molar-refractivity contribution in [3.05, 3.63) is 70.8 Å². The molecule has 0 aliphatic heterocycles. The van der Waals surface area contributed by atoms with E-state index in [-0.39, 0.29) is 11.0 Å². The Morgan fingerprint density at radius 3 is 1.68 bits per heavy atom. The van der Waals surface area contributed by atoms with E-state index in [1.807, 2.05) is 0 Å². The van der Waals surface area contributed by atoms with Crippen LogP contribution in [0.5, 0.6) is 0 Å². The van der Waals surface area contributed by atoms with Gasteiger partial charge >= 0.3 is 0 Å². The Labute approximate surface area is 154 Å². The summed E-state index contributed by atoms with van der Waals surface area (Å²) in [5.41, 5.74) is 5.09. The van der Waals surface area contributed by atoms with Gasteiger partial charge < -0.3 is 4.74 Å². The Hall–Kier alpha value is -1.60. The van der Waals surface area contributed by atoms with E-state index in [4.69, 9.17) is 4.74 Å². The highest BCUT2D eigenvalue weighted by Crippen LogP contribution is 2.33. The molecule has 0 saturated heterocycles. The third kappa shape index (κ3) is 4.73. The topological polar surface area (TPSA) is 9.23 Å². The zero-order chi connectivity index (χ0) is 18.5. The molecule has 0 aromatic heterocycles. The van der Waals surface area contributed by atoms with Crippen molar-refractivity contribution in [2.75, 3.05) is 6.61 Å². The van der Waals surface area contributed by atoms with Gasteiger partial charge in [0.25, 0.3) is 0 Å². The van der Waals surface area contributed by atoms with Crippen LogP contribution in [0.3, 0.4) is 0 Å². The van der Waals surface area contributed by atoms with Crippen molar-refractivity contribution in [3.63, 3.8) is 0 Å². The second kappa shape index (κ2) is 8.19. The van der Waals surface area contributed by atoms with Crippen LogP contribution in [0.15, 0.2) is 48.5 Å². The SMILES string of the molecule is CCCCOC(C)(C)c1ccc(C(C)(C)c2ccc(CC)cc2)cc1. The Balaban J connectivity index is 2.19. The normalized spacial score (nSPS) is 12.4. The number of benzene rings is 2. The summed E-state index contributed by atoms with van der Waals surface area (Å²) in [6.07, 6.45) is 3.37. The lowest BCUT2D eigenvalue weighted by Crippen LogP contribution is -2.23. The molecule has 0 atom stereocenters. The first kappa shape index (κ1) is 19.7. The van der Waals surface area contributed by atoms with Crippen LogP contribution >= 0.6 is 0 Å². The fourth-order valence-corrected chi connectivity index (χ4v) is 3.17. The van der Waals surface area contributed by atoms with Crippen molar-refractivity contribution >= 4 is 0 Å². The minimum atomic E-state index is -0.235. The highest BCUT2D eigenvalue weighted by atomic mass is 16.5. The molecule has 0 N–H and O–H groups in total. The van der Waals surface area contributed by atoms with Gasteiger partial charge in [0.15, 0.2) is 0 Å². The summed E-state index contributed by atoms with van der Waals surface area (Å²) in [4.78, 5) is 0. The second-order valence-corrected chi connectivity index (χ2v) is 7.97. The van der Waals surface area contributed by atoms with Crippen molar-refractivity contribution in [2.24, 2.45) is 0 Å². The fourth-order valence-electron chi connectivity index (χ4n) is 3.17. The van der Waals surface area contributed by atoms with Gasteiger partial charge in [-0.15, -0.1) is 0 Å². The number of unbranched alkanes of at least 4 members (excludes halogenated alkanes) is 1. The molecule has 1 nitrogen and oxygen atoms in total. The summed E-state index contributed by atoms with van der Waals surface area (Å²) in [6, 6.07) is 18.0. The molecule has 25 heavy (non-hydrogen) atoms. The fraction of sp³-hybridized carbons (Fsp3) is 0.500. The maximum absolute atomic E-state index is 6.09. The van der Waals surface area contributed by atoms with Crippen molar-refractivity contribution in [1.29, 1.82) is 0 Å². The van der Waals surface area contributed by atoms with Gasteiger partial charge in [-0.1, -0.05) is 82.6 Å². The summed E-state index contributed by atoms with van der Waals surface area (Å²) < 4.78 is 6.09. The van der Waals surface area contributed by atoms with Gasteiger partial charge in [-0.25, -0.2) is 0 Å². The van der Waals surface area contributed by atoms with E-state index in [1.54, 1.807) is 0 Å². The largest absolute Gasteiger partial charge is 0.371 e. The lowest BCUT2D eigenvalue weighted by molar-refractivity contribution is -0.0229. The third-order valence-corrected chi connectivity index (χ3v) is 5.35. The van der Waals surface area contributed by atoms with Gasteiger partial charge in [0.05, 0.1) is 5.60 Å². The quantitative estimate of drug-likeness (QED) is 0.491. The molecule has 0 heterocycles. The van der Waals surface area contributed by atoms with Gasteiger partial charge in [0, 0.05) is 12.0 Å². The maximum atomic E-state index is 6.09. The average molecular weight is 339 g/mol. The van der Waals surface area contributed by atoms with Crippen molar-refractivity contribution < 1.29 is 4.74 Å². The van der Waals surface area contributed by atoms with Gasteiger partial charge in [-0.05, 0) is 48.9 Å². The van der Waals surface area contributed by atoms with Crippen LogP contribution in [0.4, 0.5) is 0 Å². The van der Waals surface area contributed by atoms with Crippen molar-refractivity contribution in [2.45, 2.75) is 71.8 Å². The molecule has 1 heteroatoms. The summed E-state index contributed by atoms with van der Waals surface area (Å²) in [7, 11) is 0. The number of rotatable bonds is 8.